The molecule has 1 N–H and O–H groups in total. The summed E-state index contributed by atoms with van der Waals surface area (Å²) in [6.45, 7) is 2.12. The van der Waals surface area contributed by atoms with E-state index in [2.05, 4.69) is 17.3 Å². The third-order valence-corrected chi connectivity index (χ3v) is 3.65. The molecule has 0 bridgehead atoms. The van der Waals surface area contributed by atoms with Crippen molar-refractivity contribution >= 4 is 22.6 Å². The number of benzene rings is 1. The van der Waals surface area contributed by atoms with Gasteiger partial charge in [-0.15, -0.1) is 0 Å². The van der Waals surface area contributed by atoms with Crippen molar-refractivity contribution in [3.8, 4) is 0 Å². The van der Waals surface area contributed by atoms with Crippen LogP contribution in [0.5, 0.6) is 0 Å². The molecule has 0 saturated carbocycles. The van der Waals surface area contributed by atoms with E-state index >= 15 is 0 Å². The molecule has 0 unspecified atom stereocenters. The number of amides is 1. The number of unbranched alkanes of at least 4 members (excludes halogenated alkanes) is 2. The smallest absolute Gasteiger partial charge is 0.359 e. The van der Waals surface area contributed by atoms with Gasteiger partial charge in [0.25, 0.3) is 11.5 Å². The average Bonchev–Trinajstić information content (AvgIpc) is 2.61. The lowest BCUT2D eigenvalue weighted by molar-refractivity contribution is -0.123. The summed E-state index contributed by atoms with van der Waals surface area (Å²) in [5.74, 6) is -1.14. The van der Waals surface area contributed by atoms with Gasteiger partial charge in [-0.1, -0.05) is 38.0 Å². The topological polar surface area (TPSA) is 90.3 Å². The molecule has 0 atom stereocenters. The number of ether oxygens (including phenoxy) is 1. The summed E-state index contributed by atoms with van der Waals surface area (Å²) in [6.07, 6.45) is 2.79. The van der Waals surface area contributed by atoms with E-state index in [-0.39, 0.29) is 17.9 Å². The van der Waals surface area contributed by atoms with Crippen LogP contribution in [0.2, 0.25) is 0 Å². The SMILES string of the molecule is CCCCCn1nc(C(=O)OCC(=O)NC)c2ccccc2c1=O. The largest absolute Gasteiger partial charge is 0.451 e. The van der Waals surface area contributed by atoms with E-state index in [9.17, 15) is 14.4 Å². The Balaban J connectivity index is 2.39. The maximum Gasteiger partial charge on any atom is 0.359 e. The minimum atomic E-state index is -0.723. The Morgan fingerprint density at radius 2 is 1.92 bits per heavy atom. The molecule has 7 nitrogen and oxygen atoms in total. The van der Waals surface area contributed by atoms with Crippen LogP contribution in [-0.4, -0.2) is 35.3 Å². The van der Waals surface area contributed by atoms with Gasteiger partial charge in [-0.2, -0.15) is 5.10 Å². The first-order valence-electron chi connectivity index (χ1n) is 7.96. The number of aryl methyl sites for hydroxylation is 1. The van der Waals surface area contributed by atoms with E-state index in [0.717, 1.165) is 19.3 Å². The predicted molar refractivity (Wildman–Crippen MR) is 89.9 cm³/mol. The van der Waals surface area contributed by atoms with E-state index in [0.29, 0.717) is 17.3 Å². The number of hydrogen-bond donors (Lipinski definition) is 1. The van der Waals surface area contributed by atoms with Crippen LogP contribution in [0.15, 0.2) is 29.1 Å². The van der Waals surface area contributed by atoms with E-state index in [1.807, 2.05) is 0 Å². The van der Waals surface area contributed by atoms with Gasteiger partial charge >= 0.3 is 5.97 Å². The fourth-order valence-electron chi connectivity index (χ4n) is 2.32. The number of nitrogens with zero attached hydrogens (tertiary/aromatic N) is 2. The molecule has 0 spiro atoms. The van der Waals surface area contributed by atoms with Crippen molar-refractivity contribution in [3.05, 3.63) is 40.3 Å². The first kappa shape index (κ1) is 17.7. The van der Waals surface area contributed by atoms with E-state index in [1.165, 1.54) is 11.7 Å². The second-order valence-corrected chi connectivity index (χ2v) is 5.38. The highest BCUT2D eigenvalue weighted by atomic mass is 16.5. The molecule has 1 amide bonds. The minimum absolute atomic E-state index is 0.0469. The number of likely N-dealkylation sites (N-methyl/N-ethyl adjacent to an activating group) is 1. The molecular formula is C17H21N3O4. The number of fused-ring (bicyclic) bond motifs is 1. The second kappa shape index (κ2) is 8.24. The minimum Gasteiger partial charge on any atom is -0.451 e. The molecule has 0 aliphatic heterocycles. The van der Waals surface area contributed by atoms with Gasteiger partial charge in [0.1, 0.15) is 0 Å². The highest BCUT2D eigenvalue weighted by Crippen LogP contribution is 2.14. The van der Waals surface area contributed by atoms with Crippen molar-refractivity contribution in [2.75, 3.05) is 13.7 Å². The van der Waals surface area contributed by atoms with Crippen LogP contribution >= 0.6 is 0 Å². The number of esters is 1. The molecule has 2 rings (SSSR count). The highest BCUT2D eigenvalue weighted by Gasteiger charge is 2.18. The summed E-state index contributed by atoms with van der Waals surface area (Å²) in [4.78, 5) is 36.0. The molecule has 0 aliphatic carbocycles. The van der Waals surface area contributed by atoms with Crippen molar-refractivity contribution in [3.63, 3.8) is 0 Å². The molecule has 0 radical (unpaired) electrons. The Morgan fingerprint density at radius 3 is 2.58 bits per heavy atom. The van der Waals surface area contributed by atoms with Crippen LogP contribution in [0.25, 0.3) is 10.8 Å². The lowest BCUT2D eigenvalue weighted by Crippen LogP contribution is -2.28. The fourth-order valence-corrected chi connectivity index (χ4v) is 2.32. The van der Waals surface area contributed by atoms with E-state index in [4.69, 9.17) is 4.74 Å². The monoisotopic (exact) mass is 331 g/mol. The third-order valence-electron chi connectivity index (χ3n) is 3.65. The Morgan fingerprint density at radius 1 is 1.21 bits per heavy atom. The van der Waals surface area contributed by atoms with Gasteiger partial charge in [-0.25, -0.2) is 9.48 Å². The van der Waals surface area contributed by atoms with Crippen LogP contribution in [0.1, 0.15) is 36.7 Å². The third kappa shape index (κ3) is 3.98. The zero-order valence-electron chi connectivity index (χ0n) is 13.9. The van der Waals surface area contributed by atoms with Gasteiger partial charge in [0, 0.05) is 19.0 Å². The van der Waals surface area contributed by atoms with Gasteiger partial charge in [0.05, 0.1) is 5.39 Å². The molecule has 1 aromatic carbocycles. The summed E-state index contributed by atoms with van der Waals surface area (Å²) in [5.41, 5.74) is -0.185. The van der Waals surface area contributed by atoms with Crippen molar-refractivity contribution in [1.82, 2.24) is 15.1 Å². The normalized spacial score (nSPS) is 10.6. The molecule has 24 heavy (non-hydrogen) atoms. The first-order valence-corrected chi connectivity index (χ1v) is 7.96. The van der Waals surface area contributed by atoms with Crippen molar-refractivity contribution in [1.29, 1.82) is 0 Å². The van der Waals surface area contributed by atoms with E-state index < -0.39 is 11.9 Å². The molecule has 1 aromatic heterocycles. The summed E-state index contributed by atoms with van der Waals surface area (Å²) >= 11 is 0. The lowest BCUT2D eigenvalue weighted by atomic mass is 10.1. The van der Waals surface area contributed by atoms with Gasteiger partial charge in [0.2, 0.25) is 0 Å². The maximum absolute atomic E-state index is 12.5. The van der Waals surface area contributed by atoms with Gasteiger partial charge in [-0.3, -0.25) is 9.59 Å². The van der Waals surface area contributed by atoms with E-state index in [1.54, 1.807) is 24.3 Å². The number of carbonyl (C=O) groups excluding carboxylic acids is 2. The maximum atomic E-state index is 12.5. The average molecular weight is 331 g/mol. The highest BCUT2D eigenvalue weighted by molar-refractivity contribution is 6.02. The Hall–Kier alpha value is -2.70. The Bertz CT molecular complexity index is 798. The lowest BCUT2D eigenvalue weighted by Gasteiger charge is -2.10. The van der Waals surface area contributed by atoms with Crippen LogP contribution < -0.4 is 10.9 Å². The zero-order valence-corrected chi connectivity index (χ0v) is 13.9. The molecule has 0 saturated heterocycles. The number of aromatic nitrogens is 2. The van der Waals surface area contributed by atoms with Gasteiger partial charge in [0.15, 0.2) is 12.3 Å². The second-order valence-electron chi connectivity index (χ2n) is 5.38. The molecule has 1 heterocycles. The van der Waals surface area contributed by atoms with Gasteiger partial charge < -0.3 is 10.1 Å². The summed E-state index contributed by atoms with van der Waals surface area (Å²) < 4.78 is 6.28. The summed E-state index contributed by atoms with van der Waals surface area (Å²) in [6, 6.07) is 6.77. The van der Waals surface area contributed by atoms with Crippen LogP contribution in [-0.2, 0) is 16.1 Å². The number of nitrogens with one attached hydrogen (secondary N) is 1. The standard InChI is InChI=1S/C17H21N3O4/c1-3-4-7-10-20-16(22)13-9-6-5-8-12(13)15(19-20)17(23)24-11-14(21)18-2/h5-6,8-9H,3-4,7,10-11H2,1-2H3,(H,18,21). The Labute approximate surface area is 139 Å². The molecule has 7 heteroatoms. The first-order chi connectivity index (χ1) is 11.6. The molecular weight excluding hydrogens is 310 g/mol. The van der Waals surface area contributed by atoms with Crippen molar-refractivity contribution in [2.45, 2.75) is 32.7 Å². The van der Waals surface area contributed by atoms with Crippen LogP contribution in [0, 0.1) is 0 Å². The number of hydrogen-bond acceptors (Lipinski definition) is 5. The molecule has 128 valence electrons. The predicted octanol–water partition coefficient (Wildman–Crippen LogP) is 1.49. The summed E-state index contributed by atoms with van der Waals surface area (Å²) in [5, 5.41) is 7.39. The van der Waals surface area contributed by atoms with Crippen LogP contribution in [0.4, 0.5) is 0 Å². The quantitative estimate of drug-likeness (QED) is 0.613. The van der Waals surface area contributed by atoms with Crippen molar-refractivity contribution in [2.24, 2.45) is 0 Å². The number of rotatable bonds is 7. The van der Waals surface area contributed by atoms with Crippen LogP contribution in [0.3, 0.4) is 0 Å². The Kier molecular flexibility index (Phi) is 6.06. The molecule has 0 aliphatic rings. The van der Waals surface area contributed by atoms with Crippen molar-refractivity contribution < 1.29 is 14.3 Å². The molecule has 0 fully saturated rings. The van der Waals surface area contributed by atoms with Gasteiger partial charge in [-0.05, 0) is 12.5 Å². The number of carbonyl (C=O) groups is 2. The molecule has 2 aromatic rings. The fraction of sp³-hybridized carbons (Fsp3) is 0.412. The zero-order chi connectivity index (χ0) is 17.5. The summed E-state index contributed by atoms with van der Waals surface area (Å²) in [7, 11) is 1.46.